The molecule has 0 radical (unpaired) electrons. The second-order valence-corrected chi connectivity index (χ2v) is 10.7. The van der Waals surface area contributed by atoms with Crippen molar-refractivity contribution in [3.63, 3.8) is 0 Å². The molecule has 0 N–H and O–H groups in total. The zero-order chi connectivity index (χ0) is 15.9. The van der Waals surface area contributed by atoms with Crippen LogP contribution in [-0.4, -0.2) is 9.52 Å². The zero-order valence-electron chi connectivity index (χ0n) is 15.7. The molecule has 2 heteroatoms. The van der Waals surface area contributed by atoms with E-state index in [9.17, 15) is 0 Å². The fraction of sp³-hybridized carbons (Fsp3) is 0.600. The van der Waals surface area contributed by atoms with E-state index in [-0.39, 0.29) is 35.7 Å². The number of hydrogen-bond donors (Lipinski definition) is 0. The van der Waals surface area contributed by atoms with Gasteiger partial charge >= 0.3 is 0 Å². The van der Waals surface area contributed by atoms with Crippen LogP contribution in [0.3, 0.4) is 0 Å². The topological polar surface area (TPSA) is 0 Å². The van der Waals surface area contributed by atoms with Crippen molar-refractivity contribution in [3.8, 4) is 0 Å². The van der Waals surface area contributed by atoms with Gasteiger partial charge in [-0.15, -0.1) is 0 Å². The molecule has 2 rings (SSSR count). The van der Waals surface area contributed by atoms with E-state index >= 15 is 0 Å². The first-order valence-electron chi connectivity index (χ1n) is 8.45. The van der Waals surface area contributed by atoms with Gasteiger partial charge in [-0.25, -0.2) is 0 Å². The summed E-state index contributed by atoms with van der Waals surface area (Å²) < 4.78 is 0. The summed E-state index contributed by atoms with van der Waals surface area (Å²) in [6, 6.07) is 0. The molecule has 120 valence electrons. The van der Waals surface area contributed by atoms with Crippen LogP contribution in [-0.2, 0) is 26.2 Å². The second kappa shape index (κ2) is 7.75. The van der Waals surface area contributed by atoms with E-state index in [1.54, 1.807) is 22.3 Å². The second-order valence-electron chi connectivity index (χ2n) is 7.65. The molecule has 0 saturated heterocycles. The van der Waals surface area contributed by atoms with Crippen LogP contribution in [0.25, 0.3) is 0 Å². The molecule has 4 unspecified atom stereocenters. The van der Waals surface area contributed by atoms with Gasteiger partial charge in [0, 0.05) is 47.6 Å². The van der Waals surface area contributed by atoms with E-state index in [0.29, 0.717) is 0 Å². The van der Waals surface area contributed by atoms with Crippen molar-refractivity contribution in [1.82, 2.24) is 0 Å². The molecule has 0 aromatic rings. The van der Waals surface area contributed by atoms with Crippen molar-refractivity contribution >= 4 is 9.52 Å². The van der Waals surface area contributed by atoms with Crippen LogP contribution in [0.2, 0.25) is 11.1 Å². The Balaban J connectivity index is 0.00000242. The molecule has 0 nitrogen and oxygen atoms in total. The van der Waals surface area contributed by atoms with E-state index < -0.39 is 0 Å². The molecular formula is C20H32SiZr. The van der Waals surface area contributed by atoms with Crippen molar-refractivity contribution in [2.45, 2.75) is 66.5 Å². The van der Waals surface area contributed by atoms with Gasteiger partial charge in [-0.3, -0.25) is 0 Å². The molecule has 0 spiro atoms. The Morgan fingerprint density at radius 1 is 0.727 bits per heavy atom. The molecule has 0 aromatic carbocycles. The average Bonchev–Trinajstić information content (AvgIpc) is 2.76. The molecule has 0 amide bonds. The quantitative estimate of drug-likeness (QED) is 0.548. The molecule has 22 heavy (non-hydrogen) atoms. The standard InChI is InChI=1S/C20H32Si.Zr/c1-11-9-13(3)19(15(11)5)17(7)21-18(8)20-14(4)10-12(2)16(20)6;/h9-10,17-20H,21H2,1-8H3;. The number of rotatable bonds is 4. The van der Waals surface area contributed by atoms with Crippen molar-refractivity contribution in [1.29, 1.82) is 0 Å². The fourth-order valence-electron chi connectivity index (χ4n) is 4.87. The molecule has 0 aromatic heterocycles. The average molecular weight is 392 g/mol. The molecule has 2 aliphatic carbocycles. The van der Waals surface area contributed by atoms with Gasteiger partial charge in [-0.2, -0.15) is 0 Å². The van der Waals surface area contributed by atoms with Gasteiger partial charge in [-0.1, -0.05) is 59.4 Å². The summed E-state index contributed by atoms with van der Waals surface area (Å²) in [5, 5.41) is 0. The van der Waals surface area contributed by atoms with Crippen molar-refractivity contribution in [2.75, 3.05) is 0 Å². The minimum Gasteiger partial charge on any atom is -0.0659 e. The molecule has 0 aliphatic heterocycles. The first-order chi connectivity index (χ1) is 9.73. The molecule has 0 heterocycles. The summed E-state index contributed by atoms with van der Waals surface area (Å²) in [6.45, 7) is 18.9. The summed E-state index contributed by atoms with van der Waals surface area (Å²) >= 11 is 0. The Labute approximate surface area is 159 Å². The minimum absolute atomic E-state index is 0. The van der Waals surface area contributed by atoms with Gasteiger partial charge in [0.25, 0.3) is 0 Å². The molecule has 4 atom stereocenters. The van der Waals surface area contributed by atoms with Crippen LogP contribution >= 0.6 is 0 Å². The van der Waals surface area contributed by atoms with Gasteiger partial charge in [-0.05, 0) is 52.6 Å². The van der Waals surface area contributed by atoms with E-state index in [0.717, 1.165) is 22.9 Å². The van der Waals surface area contributed by atoms with Crippen LogP contribution in [0.15, 0.2) is 45.6 Å². The van der Waals surface area contributed by atoms with Gasteiger partial charge < -0.3 is 0 Å². The molecule has 0 bridgehead atoms. The number of hydrogen-bond acceptors (Lipinski definition) is 0. The van der Waals surface area contributed by atoms with Crippen molar-refractivity contribution in [3.05, 3.63) is 45.6 Å². The predicted octanol–water partition coefficient (Wildman–Crippen LogP) is 5.59. The van der Waals surface area contributed by atoms with Crippen LogP contribution in [0.1, 0.15) is 55.4 Å². The first-order valence-corrected chi connectivity index (χ1v) is 10.1. The van der Waals surface area contributed by atoms with Crippen LogP contribution in [0.5, 0.6) is 0 Å². The third-order valence-electron chi connectivity index (χ3n) is 5.93. The smallest absolute Gasteiger partial charge is 0.0280 e. The van der Waals surface area contributed by atoms with Gasteiger partial charge in [0.05, 0.1) is 0 Å². The SMILES string of the molecule is CC1=CC(C)=C(C)C1C(C)[SiH2]C(C)C1C(C)=CC(C)=C1C.[Zr]. The largest absolute Gasteiger partial charge is 0.0659 e. The molecule has 0 saturated carbocycles. The maximum atomic E-state index is 2.51. The van der Waals surface area contributed by atoms with Gasteiger partial charge in [0.2, 0.25) is 0 Å². The van der Waals surface area contributed by atoms with E-state index in [1.165, 1.54) is 11.1 Å². The Morgan fingerprint density at radius 2 is 1.05 bits per heavy atom. The Kier molecular flexibility index (Phi) is 7.09. The number of allylic oxidation sites excluding steroid dienone is 8. The maximum Gasteiger partial charge on any atom is 0.0280 e. The fourth-order valence-corrected chi connectivity index (χ4v) is 8.04. The van der Waals surface area contributed by atoms with E-state index in [2.05, 4.69) is 67.5 Å². The Bertz CT molecular complexity index is 512. The Hall–Kier alpha value is 0.0600. The minimum atomic E-state index is -0.121. The summed E-state index contributed by atoms with van der Waals surface area (Å²) in [5.41, 5.74) is 11.2. The monoisotopic (exact) mass is 390 g/mol. The Morgan fingerprint density at radius 3 is 1.27 bits per heavy atom. The first kappa shape index (κ1) is 20.1. The normalized spacial score (nSPS) is 28.2. The summed E-state index contributed by atoms with van der Waals surface area (Å²) in [7, 11) is -0.121. The summed E-state index contributed by atoms with van der Waals surface area (Å²) in [4.78, 5) is 0. The predicted molar refractivity (Wildman–Crippen MR) is 98.6 cm³/mol. The third kappa shape index (κ3) is 3.75. The van der Waals surface area contributed by atoms with Crippen LogP contribution < -0.4 is 0 Å². The van der Waals surface area contributed by atoms with Crippen molar-refractivity contribution in [2.24, 2.45) is 11.8 Å². The van der Waals surface area contributed by atoms with E-state index in [4.69, 9.17) is 0 Å². The molecule has 0 fully saturated rings. The summed E-state index contributed by atoms with van der Waals surface area (Å²) in [5.74, 6) is 1.46. The third-order valence-corrected chi connectivity index (χ3v) is 8.36. The van der Waals surface area contributed by atoms with Gasteiger partial charge in [0.15, 0.2) is 0 Å². The zero-order valence-corrected chi connectivity index (χ0v) is 19.5. The van der Waals surface area contributed by atoms with Crippen LogP contribution in [0, 0.1) is 11.8 Å². The molecule has 2 aliphatic rings. The van der Waals surface area contributed by atoms with Gasteiger partial charge in [0.1, 0.15) is 0 Å². The van der Waals surface area contributed by atoms with E-state index in [1.807, 2.05) is 0 Å². The van der Waals surface area contributed by atoms with Crippen LogP contribution in [0.4, 0.5) is 0 Å². The summed E-state index contributed by atoms with van der Waals surface area (Å²) in [6.07, 6.45) is 4.82. The van der Waals surface area contributed by atoms with Crippen molar-refractivity contribution < 1.29 is 26.2 Å². The maximum absolute atomic E-state index is 2.51. The molecular weight excluding hydrogens is 360 g/mol.